The van der Waals surface area contributed by atoms with Gasteiger partial charge in [-0.3, -0.25) is 0 Å². The molecule has 1 aromatic heterocycles. The Morgan fingerprint density at radius 2 is 2.25 bits per heavy atom. The number of rotatable bonds is 3. The largest absolute Gasteiger partial charge is 0.368 e. The topological polar surface area (TPSA) is 63.8 Å². The fourth-order valence-electron chi connectivity index (χ4n) is 1.56. The number of hydrogen-bond acceptors (Lipinski definition) is 4. The van der Waals surface area contributed by atoms with E-state index >= 15 is 0 Å². The maximum absolute atomic E-state index is 5.65. The summed E-state index contributed by atoms with van der Waals surface area (Å²) in [6, 6.07) is 5.99. The molecular weight excluding hydrogens is 200 g/mol. The monoisotopic (exact) mass is 214 g/mol. The van der Waals surface area contributed by atoms with Crippen molar-refractivity contribution in [3.8, 4) is 0 Å². The molecule has 0 aliphatic heterocycles. The van der Waals surface area contributed by atoms with Gasteiger partial charge in [-0.25, -0.2) is 4.98 Å². The van der Waals surface area contributed by atoms with Gasteiger partial charge in [0.05, 0.1) is 5.52 Å². The van der Waals surface area contributed by atoms with Crippen molar-refractivity contribution in [1.82, 2.24) is 9.97 Å². The summed E-state index contributed by atoms with van der Waals surface area (Å²) < 4.78 is 0. The Balaban J connectivity index is 2.59. The minimum absolute atomic E-state index is 0.280. The van der Waals surface area contributed by atoms with Gasteiger partial charge in [-0.05, 0) is 19.1 Å². The number of benzene rings is 1. The summed E-state index contributed by atoms with van der Waals surface area (Å²) >= 11 is 0. The fraction of sp³-hybridized carbons (Fsp3) is 0.167. The van der Waals surface area contributed by atoms with E-state index in [1.807, 2.05) is 25.1 Å². The highest BCUT2D eigenvalue weighted by Crippen LogP contribution is 2.22. The molecule has 1 aromatic carbocycles. The highest BCUT2D eigenvalue weighted by atomic mass is 15.1. The zero-order chi connectivity index (χ0) is 11.5. The van der Waals surface area contributed by atoms with Gasteiger partial charge in [-0.15, -0.1) is 6.58 Å². The lowest BCUT2D eigenvalue weighted by Crippen LogP contribution is -2.05. The molecule has 82 valence electrons. The highest BCUT2D eigenvalue weighted by molar-refractivity contribution is 5.90. The van der Waals surface area contributed by atoms with E-state index in [4.69, 9.17) is 5.73 Å². The smallest absolute Gasteiger partial charge is 0.222 e. The molecule has 0 saturated heterocycles. The third-order valence-electron chi connectivity index (χ3n) is 2.28. The molecule has 0 unspecified atom stereocenters. The van der Waals surface area contributed by atoms with Crippen LogP contribution < -0.4 is 11.1 Å². The van der Waals surface area contributed by atoms with Gasteiger partial charge in [0, 0.05) is 11.9 Å². The number of nitrogens with zero attached hydrogens (tertiary/aromatic N) is 2. The number of nitrogens with one attached hydrogen (secondary N) is 1. The molecule has 0 aliphatic rings. The normalized spacial score (nSPS) is 10.3. The molecule has 0 spiro atoms. The van der Waals surface area contributed by atoms with Crippen LogP contribution in [0.2, 0.25) is 0 Å². The Morgan fingerprint density at radius 1 is 1.44 bits per heavy atom. The zero-order valence-electron chi connectivity index (χ0n) is 9.20. The summed E-state index contributed by atoms with van der Waals surface area (Å²) in [7, 11) is 0. The molecule has 0 amide bonds. The molecule has 0 aliphatic carbocycles. The number of anilines is 2. The summed E-state index contributed by atoms with van der Waals surface area (Å²) in [5.41, 5.74) is 7.67. The number of aryl methyl sites for hydroxylation is 1. The summed E-state index contributed by atoms with van der Waals surface area (Å²) in [5, 5.41) is 4.14. The van der Waals surface area contributed by atoms with E-state index in [-0.39, 0.29) is 5.95 Å². The summed E-state index contributed by atoms with van der Waals surface area (Å²) in [6.45, 7) is 6.35. The molecule has 4 nitrogen and oxygen atoms in total. The molecule has 0 fully saturated rings. The summed E-state index contributed by atoms with van der Waals surface area (Å²) in [4.78, 5) is 8.37. The molecule has 3 N–H and O–H groups in total. The molecule has 2 aromatic rings. The number of aromatic nitrogens is 2. The summed E-state index contributed by atoms with van der Waals surface area (Å²) in [5.74, 6) is 1.04. The minimum Gasteiger partial charge on any atom is -0.368 e. The lowest BCUT2D eigenvalue weighted by Gasteiger charge is -2.08. The van der Waals surface area contributed by atoms with E-state index < -0.39 is 0 Å². The standard InChI is InChI=1S/C12H14N4/c1-3-6-14-11-9-7-8(2)4-5-10(9)15-12(13)16-11/h3-5,7H,1,6H2,2H3,(H3,13,14,15,16). The highest BCUT2D eigenvalue weighted by Gasteiger charge is 2.05. The lowest BCUT2D eigenvalue weighted by molar-refractivity contribution is 1.19. The van der Waals surface area contributed by atoms with Crippen molar-refractivity contribution in [2.45, 2.75) is 6.92 Å². The Hall–Kier alpha value is -2.10. The quantitative estimate of drug-likeness (QED) is 0.768. The molecular formula is C12H14N4. The van der Waals surface area contributed by atoms with Crippen LogP contribution in [-0.4, -0.2) is 16.5 Å². The summed E-state index contributed by atoms with van der Waals surface area (Å²) in [6.07, 6.45) is 1.78. The molecule has 2 rings (SSSR count). The predicted molar refractivity (Wildman–Crippen MR) is 67.4 cm³/mol. The first-order valence-electron chi connectivity index (χ1n) is 5.09. The van der Waals surface area contributed by atoms with E-state index in [1.165, 1.54) is 5.56 Å². The van der Waals surface area contributed by atoms with Crippen LogP contribution >= 0.6 is 0 Å². The van der Waals surface area contributed by atoms with E-state index in [9.17, 15) is 0 Å². The van der Waals surface area contributed by atoms with Crippen LogP contribution in [0.25, 0.3) is 10.9 Å². The van der Waals surface area contributed by atoms with Crippen LogP contribution in [0.15, 0.2) is 30.9 Å². The van der Waals surface area contributed by atoms with Gasteiger partial charge in [0.1, 0.15) is 5.82 Å². The van der Waals surface area contributed by atoms with Gasteiger partial charge in [0.25, 0.3) is 0 Å². The van der Waals surface area contributed by atoms with Crippen molar-refractivity contribution in [3.63, 3.8) is 0 Å². The van der Waals surface area contributed by atoms with Crippen molar-refractivity contribution >= 4 is 22.7 Å². The molecule has 1 heterocycles. The van der Waals surface area contributed by atoms with Gasteiger partial charge >= 0.3 is 0 Å². The average Bonchev–Trinajstić information content (AvgIpc) is 2.26. The molecule has 0 saturated carbocycles. The maximum atomic E-state index is 5.65. The number of nitrogens with two attached hydrogens (primary N) is 1. The lowest BCUT2D eigenvalue weighted by atomic mass is 10.1. The van der Waals surface area contributed by atoms with Crippen LogP contribution in [0.1, 0.15) is 5.56 Å². The Morgan fingerprint density at radius 3 is 3.00 bits per heavy atom. The van der Waals surface area contributed by atoms with Gasteiger partial charge < -0.3 is 11.1 Å². The van der Waals surface area contributed by atoms with Crippen molar-refractivity contribution in [1.29, 1.82) is 0 Å². The van der Waals surface area contributed by atoms with Crippen LogP contribution in [0.5, 0.6) is 0 Å². The number of hydrogen-bond donors (Lipinski definition) is 2. The third kappa shape index (κ3) is 1.95. The van der Waals surface area contributed by atoms with E-state index in [1.54, 1.807) is 6.08 Å². The second-order valence-corrected chi connectivity index (χ2v) is 3.62. The van der Waals surface area contributed by atoms with Crippen LogP contribution in [0.4, 0.5) is 11.8 Å². The first-order chi connectivity index (χ1) is 7.70. The van der Waals surface area contributed by atoms with Crippen LogP contribution in [0.3, 0.4) is 0 Å². The second kappa shape index (κ2) is 4.18. The molecule has 0 bridgehead atoms. The Kier molecular flexibility index (Phi) is 2.72. The maximum Gasteiger partial charge on any atom is 0.222 e. The van der Waals surface area contributed by atoms with Gasteiger partial charge in [-0.2, -0.15) is 4.98 Å². The predicted octanol–water partition coefficient (Wildman–Crippen LogP) is 2.12. The van der Waals surface area contributed by atoms with Crippen molar-refractivity contribution in [3.05, 3.63) is 36.4 Å². The first-order valence-corrected chi connectivity index (χ1v) is 5.09. The van der Waals surface area contributed by atoms with Gasteiger partial charge in [0.2, 0.25) is 5.95 Å². The Bertz CT molecular complexity index is 534. The number of fused-ring (bicyclic) bond motifs is 1. The van der Waals surface area contributed by atoms with Crippen molar-refractivity contribution in [2.75, 3.05) is 17.6 Å². The Labute approximate surface area is 94.2 Å². The SMILES string of the molecule is C=CCNc1nc(N)nc2ccc(C)cc12. The van der Waals surface area contributed by atoms with Gasteiger partial charge in [0.15, 0.2) is 0 Å². The molecule has 0 radical (unpaired) electrons. The third-order valence-corrected chi connectivity index (χ3v) is 2.28. The fourth-order valence-corrected chi connectivity index (χ4v) is 1.56. The zero-order valence-corrected chi connectivity index (χ0v) is 9.20. The van der Waals surface area contributed by atoms with Gasteiger partial charge in [-0.1, -0.05) is 17.7 Å². The van der Waals surface area contributed by atoms with Crippen LogP contribution in [0, 0.1) is 6.92 Å². The minimum atomic E-state index is 0.280. The second-order valence-electron chi connectivity index (χ2n) is 3.62. The first kappa shape index (κ1) is 10.4. The molecule has 0 atom stereocenters. The van der Waals surface area contributed by atoms with E-state index in [0.717, 1.165) is 16.7 Å². The van der Waals surface area contributed by atoms with Crippen molar-refractivity contribution < 1.29 is 0 Å². The average molecular weight is 214 g/mol. The van der Waals surface area contributed by atoms with Crippen LogP contribution in [-0.2, 0) is 0 Å². The van der Waals surface area contributed by atoms with E-state index in [2.05, 4.69) is 21.9 Å². The molecule has 4 heteroatoms. The number of nitrogen functional groups attached to an aromatic ring is 1. The molecule has 16 heavy (non-hydrogen) atoms. The van der Waals surface area contributed by atoms with E-state index in [0.29, 0.717) is 6.54 Å². The van der Waals surface area contributed by atoms with Crippen molar-refractivity contribution in [2.24, 2.45) is 0 Å².